The van der Waals surface area contributed by atoms with Gasteiger partial charge in [-0.3, -0.25) is 9.97 Å². The molecule has 0 atom stereocenters. The molecule has 0 amide bonds. The number of nitrogen functional groups attached to an aromatic ring is 1. The number of H-pyrrole nitrogens is 1. The van der Waals surface area contributed by atoms with E-state index in [0.29, 0.717) is 23.3 Å². The van der Waals surface area contributed by atoms with Crippen molar-refractivity contribution in [1.82, 2.24) is 9.97 Å². The summed E-state index contributed by atoms with van der Waals surface area (Å²) in [7, 11) is 1.92. The maximum atomic E-state index is 11.2. The quantitative estimate of drug-likeness (QED) is 0.708. The van der Waals surface area contributed by atoms with E-state index >= 15 is 0 Å². The van der Waals surface area contributed by atoms with Crippen molar-refractivity contribution >= 4 is 22.5 Å². The van der Waals surface area contributed by atoms with Crippen LogP contribution in [0.1, 0.15) is 5.69 Å². The van der Waals surface area contributed by atoms with Gasteiger partial charge in [-0.15, -0.1) is 0 Å². The highest BCUT2D eigenvalue weighted by atomic mass is 16.4. The molecule has 2 heterocycles. The van der Waals surface area contributed by atoms with Crippen LogP contribution in [0.4, 0.5) is 11.4 Å². The van der Waals surface area contributed by atoms with Gasteiger partial charge in [-0.1, -0.05) is 6.07 Å². The van der Waals surface area contributed by atoms with E-state index in [0.717, 1.165) is 11.4 Å². The minimum absolute atomic E-state index is 0.461. The molecular formula is C14H14N4O2. The van der Waals surface area contributed by atoms with Crippen LogP contribution in [0.3, 0.4) is 0 Å². The predicted octanol–water partition coefficient (Wildman–Crippen LogP) is 1.73. The molecule has 3 N–H and O–H groups in total. The van der Waals surface area contributed by atoms with E-state index in [-0.39, 0.29) is 0 Å². The number of nitrogens with two attached hydrogens (primary N) is 1. The molecule has 0 bridgehead atoms. The predicted molar refractivity (Wildman–Crippen MR) is 77.6 cm³/mol. The van der Waals surface area contributed by atoms with Gasteiger partial charge in [0, 0.05) is 19.3 Å². The zero-order valence-corrected chi connectivity index (χ0v) is 11.0. The summed E-state index contributed by atoms with van der Waals surface area (Å²) in [6.07, 6.45) is 1.75. The minimum Gasteiger partial charge on any atom is -0.408 e. The SMILES string of the molecule is CN(Cc1ccccn1)c1cc2[nH]c(=O)oc2cc1N. The first-order chi connectivity index (χ1) is 9.63. The highest BCUT2D eigenvalue weighted by molar-refractivity contribution is 5.85. The van der Waals surface area contributed by atoms with Crippen molar-refractivity contribution in [2.75, 3.05) is 17.7 Å². The van der Waals surface area contributed by atoms with Crippen LogP contribution in [-0.2, 0) is 6.54 Å². The van der Waals surface area contributed by atoms with Crippen molar-refractivity contribution in [1.29, 1.82) is 0 Å². The van der Waals surface area contributed by atoms with Crippen molar-refractivity contribution in [2.24, 2.45) is 0 Å². The third-order valence-corrected chi connectivity index (χ3v) is 3.10. The van der Waals surface area contributed by atoms with Gasteiger partial charge >= 0.3 is 5.76 Å². The first-order valence-corrected chi connectivity index (χ1v) is 6.17. The lowest BCUT2D eigenvalue weighted by atomic mass is 10.2. The molecule has 0 aliphatic heterocycles. The lowest BCUT2D eigenvalue weighted by Gasteiger charge is -2.20. The zero-order chi connectivity index (χ0) is 14.1. The zero-order valence-electron chi connectivity index (χ0n) is 11.0. The molecule has 0 fully saturated rings. The molecule has 3 rings (SSSR count). The molecule has 0 saturated carbocycles. The van der Waals surface area contributed by atoms with Crippen molar-refractivity contribution < 1.29 is 4.42 Å². The molecule has 102 valence electrons. The first-order valence-electron chi connectivity index (χ1n) is 6.17. The molecule has 1 aromatic carbocycles. The third kappa shape index (κ3) is 2.23. The Bertz CT molecular complexity index is 792. The number of benzene rings is 1. The van der Waals surface area contributed by atoms with Crippen LogP contribution in [0.2, 0.25) is 0 Å². The summed E-state index contributed by atoms with van der Waals surface area (Å²) in [4.78, 5) is 20.1. The number of rotatable bonds is 3. The van der Waals surface area contributed by atoms with Gasteiger partial charge in [0.1, 0.15) is 0 Å². The number of nitrogens with zero attached hydrogens (tertiary/aromatic N) is 2. The van der Waals surface area contributed by atoms with E-state index in [4.69, 9.17) is 10.2 Å². The molecule has 0 radical (unpaired) electrons. The standard InChI is InChI=1S/C14H14N4O2/c1-18(8-9-4-2-3-5-16-9)12-7-11-13(6-10(12)15)20-14(19)17-11/h2-7H,8,15H2,1H3,(H,17,19). The van der Waals surface area contributed by atoms with Crippen LogP contribution >= 0.6 is 0 Å². The van der Waals surface area contributed by atoms with E-state index in [9.17, 15) is 4.79 Å². The first kappa shape index (κ1) is 12.3. The van der Waals surface area contributed by atoms with Crippen LogP contribution in [-0.4, -0.2) is 17.0 Å². The Morgan fingerprint density at radius 1 is 1.40 bits per heavy atom. The number of hydrogen-bond donors (Lipinski definition) is 2. The summed E-state index contributed by atoms with van der Waals surface area (Å²) in [5.74, 6) is -0.482. The molecule has 0 aliphatic carbocycles. The van der Waals surface area contributed by atoms with Crippen molar-refractivity contribution in [3.63, 3.8) is 0 Å². The highest BCUT2D eigenvalue weighted by Gasteiger charge is 2.11. The van der Waals surface area contributed by atoms with Gasteiger partial charge in [-0.2, -0.15) is 0 Å². The number of aromatic amines is 1. The highest BCUT2D eigenvalue weighted by Crippen LogP contribution is 2.27. The minimum atomic E-state index is -0.482. The Morgan fingerprint density at radius 3 is 3.00 bits per heavy atom. The monoisotopic (exact) mass is 270 g/mol. The average Bonchev–Trinajstić information content (AvgIpc) is 2.78. The maximum absolute atomic E-state index is 11.2. The number of fused-ring (bicyclic) bond motifs is 1. The third-order valence-electron chi connectivity index (χ3n) is 3.10. The topological polar surface area (TPSA) is 88.2 Å². The fourth-order valence-corrected chi connectivity index (χ4v) is 2.15. The summed E-state index contributed by atoms with van der Waals surface area (Å²) in [6, 6.07) is 9.22. The molecule has 0 saturated heterocycles. The maximum Gasteiger partial charge on any atom is 0.417 e. The van der Waals surface area contributed by atoms with Crippen LogP contribution in [0.5, 0.6) is 0 Å². The van der Waals surface area contributed by atoms with Crippen LogP contribution in [0, 0.1) is 0 Å². The molecule has 6 heteroatoms. The van der Waals surface area contributed by atoms with E-state index in [2.05, 4.69) is 9.97 Å². The van der Waals surface area contributed by atoms with Gasteiger partial charge in [-0.05, 0) is 18.2 Å². The van der Waals surface area contributed by atoms with Crippen LogP contribution in [0.25, 0.3) is 11.1 Å². The van der Waals surface area contributed by atoms with Gasteiger partial charge in [-0.25, -0.2) is 4.79 Å². The van der Waals surface area contributed by atoms with Crippen molar-refractivity contribution in [3.8, 4) is 0 Å². The number of anilines is 2. The fourth-order valence-electron chi connectivity index (χ4n) is 2.15. The van der Waals surface area contributed by atoms with Gasteiger partial charge in [0.05, 0.1) is 29.1 Å². The number of pyridine rings is 1. The van der Waals surface area contributed by atoms with Gasteiger partial charge in [0.15, 0.2) is 5.58 Å². The van der Waals surface area contributed by atoms with E-state index < -0.39 is 5.76 Å². The van der Waals surface area contributed by atoms with E-state index in [1.54, 1.807) is 18.3 Å². The van der Waals surface area contributed by atoms with E-state index in [1.807, 2.05) is 30.1 Å². The van der Waals surface area contributed by atoms with Crippen LogP contribution in [0.15, 0.2) is 45.7 Å². The van der Waals surface area contributed by atoms with Gasteiger partial charge in [0.2, 0.25) is 0 Å². The molecule has 3 aromatic rings. The molecule has 6 nitrogen and oxygen atoms in total. The summed E-state index contributed by atoms with van der Waals surface area (Å²) >= 11 is 0. The van der Waals surface area contributed by atoms with Crippen molar-refractivity contribution in [3.05, 3.63) is 52.8 Å². The van der Waals surface area contributed by atoms with Crippen molar-refractivity contribution in [2.45, 2.75) is 6.54 Å². The summed E-state index contributed by atoms with van der Waals surface area (Å²) in [5.41, 5.74) is 9.42. The Hall–Kier alpha value is -2.76. The van der Waals surface area contributed by atoms with E-state index in [1.165, 1.54) is 0 Å². The van der Waals surface area contributed by atoms with Gasteiger partial charge in [0.25, 0.3) is 0 Å². The largest absolute Gasteiger partial charge is 0.417 e. The number of oxazole rings is 1. The summed E-state index contributed by atoms with van der Waals surface area (Å²) < 4.78 is 4.98. The molecule has 0 aliphatic rings. The normalized spacial score (nSPS) is 10.8. The number of aromatic nitrogens is 2. The van der Waals surface area contributed by atoms with Gasteiger partial charge < -0.3 is 15.1 Å². The van der Waals surface area contributed by atoms with Crippen LogP contribution < -0.4 is 16.4 Å². The molecule has 2 aromatic heterocycles. The fraction of sp³-hybridized carbons (Fsp3) is 0.143. The summed E-state index contributed by atoms with van der Waals surface area (Å²) in [5, 5.41) is 0. The Labute approximate surface area is 114 Å². The second kappa shape index (κ2) is 4.73. The molecule has 20 heavy (non-hydrogen) atoms. The molecule has 0 unspecified atom stereocenters. The average molecular weight is 270 g/mol. The Morgan fingerprint density at radius 2 is 2.25 bits per heavy atom. The smallest absolute Gasteiger partial charge is 0.408 e. The lowest BCUT2D eigenvalue weighted by molar-refractivity contribution is 0.555. The number of nitrogens with one attached hydrogen (secondary N) is 1. The Kier molecular flexibility index (Phi) is 2.90. The lowest BCUT2D eigenvalue weighted by Crippen LogP contribution is -2.18. The second-order valence-electron chi connectivity index (χ2n) is 4.60. The second-order valence-corrected chi connectivity index (χ2v) is 4.60. The molecular weight excluding hydrogens is 256 g/mol. The number of hydrogen-bond acceptors (Lipinski definition) is 5. The molecule has 0 spiro atoms. The summed E-state index contributed by atoms with van der Waals surface area (Å²) in [6.45, 7) is 0.624. The Balaban J connectivity index is 1.96.